The van der Waals surface area contributed by atoms with E-state index in [4.69, 9.17) is 9.47 Å². The molecule has 2 fully saturated rings. The third-order valence-electron chi connectivity index (χ3n) is 3.92. The van der Waals surface area contributed by atoms with Crippen LogP contribution in [-0.2, 0) is 16.1 Å². The molecule has 1 aromatic carbocycles. The highest BCUT2D eigenvalue weighted by Crippen LogP contribution is 2.43. The minimum absolute atomic E-state index is 0.119. The smallest absolute Gasteiger partial charge is 0.112 e. The van der Waals surface area contributed by atoms with Crippen LogP contribution in [0.15, 0.2) is 30.3 Å². The van der Waals surface area contributed by atoms with Gasteiger partial charge in [0.2, 0.25) is 0 Å². The first-order chi connectivity index (χ1) is 8.30. The number of fused-ring (bicyclic) bond motifs is 1. The topological polar surface area (TPSA) is 38.7 Å². The molecule has 1 aliphatic heterocycles. The van der Waals surface area contributed by atoms with Gasteiger partial charge in [-0.1, -0.05) is 30.3 Å². The van der Waals surface area contributed by atoms with E-state index in [1.54, 1.807) is 0 Å². The summed E-state index contributed by atoms with van der Waals surface area (Å²) in [5.41, 5.74) is 0.934. The second-order valence-electron chi connectivity index (χ2n) is 4.99. The summed E-state index contributed by atoms with van der Waals surface area (Å²) in [4.78, 5) is 0. The van der Waals surface area contributed by atoms with E-state index in [9.17, 15) is 5.11 Å². The largest absolute Gasteiger partial charge is 0.390 e. The molecule has 0 bridgehead atoms. The molecule has 1 aliphatic carbocycles. The number of rotatable bonds is 3. The third kappa shape index (κ3) is 1.99. The van der Waals surface area contributed by atoms with Crippen molar-refractivity contribution in [3.8, 4) is 0 Å². The van der Waals surface area contributed by atoms with Gasteiger partial charge in [-0.3, -0.25) is 0 Å². The zero-order valence-electron chi connectivity index (χ0n) is 9.84. The highest BCUT2D eigenvalue weighted by Gasteiger charge is 2.53. The monoisotopic (exact) mass is 234 g/mol. The molecule has 0 spiro atoms. The average molecular weight is 234 g/mol. The molecule has 2 aliphatic rings. The van der Waals surface area contributed by atoms with Gasteiger partial charge in [0.05, 0.1) is 24.9 Å². The Bertz CT molecular complexity index is 378. The van der Waals surface area contributed by atoms with Crippen LogP contribution in [0.5, 0.6) is 0 Å². The maximum absolute atomic E-state index is 9.86. The van der Waals surface area contributed by atoms with Crippen LogP contribution in [0, 0.1) is 0 Å². The van der Waals surface area contributed by atoms with Crippen molar-refractivity contribution in [3.63, 3.8) is 0 Å². The predicted molar refractivity (Wildman–Crippen MR) is 63.6 cm³/mol. The molecule has 3 rings (SSSR count). The molecule has 3 atom stereocenters. The zero-order valence-corrected chi connectivity index (χ0v) is 9.84. The lowest BCUT2D eigenvalue weighted by molar-refractivity contribution is -0.105. The van der Waals surface area contributed by atoms with Gasteiger partial charge in [0.1, 0.15) is 6.10 Å². The van der Waals surface area contributed by atoms with Crippen LogP contribution in [0.1, 0.15) is 24.8 Å². The van der Waals surface area contributed by atoms with Crippen molar-refractivity contribution in [2.24, 2.45) is 0 Å². The van der Waals surface area contributed by atoms with Crippen molar-refractivity contribution in [1.82, 2.24) is 0 Å². The molecule has 17 heavy (non-hydrogen) atoms. The Morgan fingerprint density at radius 3 is 2.94 bits per heavy atom. The van der Waals surface area contributed by atoms with Gasteiger partial charge < -0.3 is 14.6 Å². The molecule has 1 heterocycles. The summed E-state index contributed by atoms with van der Waals surface area (Å²) in [6.45, 7) is 1.31. The van der Waals surface area contributed by atoms with Gasteiger partial charge in [-0.25, -0.2) is 0 Å². The first-order valence-corrected chi connectivity index (χ1v) is 6.28. The molecule has 1 saturated carbocycles. The number of aliphatic hydroxyl groups excluding tert-OH is 1. The van der Waals surface area contributed by atoms with Crippen molar-refractivity contribution < 1.29 is 14.6 Å². The Labute approximate surface area is 101 Å². The maximum atomic E-state index is 9.86. The second kappa shape index (κ2) is 4.41. The summed E-state index contributed by atoms with van der Waals surface area (Å²) in [5.74, 6) is 0. The lowest BCUT2D eigenvalue weighted by Crippen LogP contribution is -2.40. The van der Waals surface area contributed by atoms with E-state index >= 15 is 0 Å². The number of hydrogen-bond donors (Lipinski definition) is 1. The first-order valence-electron chi connectivity index (χ1n) is 6.28. The molecule has 1 aromatic rings. The van der Waals surface area contributed by atoms with E-state index in [0.29, 0.717) is 13.2 Å². The Morgan fingerprint density at radius 1 is 1.29 bits per heavy atom. The van der Waals surface area contributed by atoms with Crippen LogP contribution >= 0.6 is 0 Å². The van der Waals surface area contributed by atoms with Gasteiger partial charge in [0, 0.05) is 6.42 Å². The van der Waals surface area contributed by atoms with E-state index in [0.717, 1.165) is 19.3 Å². The fraction of sp³-hybridized carbons (Fsp3) is 0.571. The molecule has 92 valence electrons. The first kappa shape index (κ1) is 11.2. The Morgan fingerprint density at radius 2 is 2.12 bits per heavy atom. The minimum atomic E-state index is -0.353. The van der Waals surface area contributed by atoms with E-state index in [1.807, 2.05) is 18.2 Å². The molecule has 1 saturated heterocycles. The summed E-state index contributed by atoms with van der Waals surface area (Å²) < 4.78 is 11.7. The van der Waals surface area contributed by atoms with Crippen molar-refractivity contribution in [3.05, 3.63) is 35.9 Å². The number of benzene rings is 1. The Hall–Kier alpha value is -0.900. The van der Waals surface area contributed by atoms with Gasteiger partial charge in [-0.15, -0.1) is 0 Å². The lowest BCUT2D eigenvalue weighted by Gasteiger charge is -2.28. The van der Waals surface area contributed by atoms with Crippen LogP contribution < -0.4 is 0 Å². The van der Waals surface area contributed by atoms with Crippen LogP contribution in [0.4, 0.5) is 0 Å². The van der Waals surface area contributed by atoms with Crippen molar-refractivity contribution in [2.75, 3.05) is 6.61 Å². The van der Waals surface area contributed by atoms with Crippen molar-refractivity contribution in [1.29, 1.82) is 0 Å². The van der Waals surface area contributed by atoms with E-state index in [2.05, 4.69) is 12.1 Å². The van der Waals surface area contributed by atoms with Crippen LogP contribution in [-0.4, -0.2) is 29.5 Å². The van der Waals surface area contributed by atoms with Crippen molar-refractivity contribution >= 4 is 0 Å². The van der Waals surface area contributed by atoms with E-state index in [1.165, 1.54) is 5.56 Å². The summed E-state index contributed by atoms with van der Waals surface area (Å²) in [6, 6.07) is 10.2. The second-order valence-corrected chi connectivity index (χ2v) is 4.99. The molecule has 1 N–H and O–H groups in total. The quantitative estimate of drug-likeness (QED) is 0.868. The van der Waals surface area contributed by atoms with Gasteiger partial charge in [0.15, 0.2) is 0 Å². The summed E-state index contributed by atoms with van der Waals surface area (Å²) >= 11 is 0. The fourth-order valence-corrected chi connectivity index (χ4v) is 2.95. The van der Waals surface area contributed by atoms with E-state index in [-0.39, 0.29) is 17.8 Å². The molecule has 0 aromatic heterocycles. The molecule has 1 unspecified atom stereocenters. The predicted octanol–water partition coefficient (Wildman–Crippen LogP) is 1.89. The molecule has 0 radical (unpaired) electrons. The van der Waals surface area contributed by atoms with Gasteiger partial charge >= 0.3 is 0 Å². The number of hydrogen-bond acceptors (Lipinski definition) is 3. The highest BCUT2D eigenvalue weighted by atomic mass is 16.6. The summed E-state index contributed by atoms with van der Waals surface area (Å²) in [7, 11) is 0. The molecular weight excluding hydrogens is 216 g/mol. The minimum Gasteiger partial charge on any atom is -0.390 e. The van der Waals surface area contributed by atoms with Gasteiger partial charge in [-0.2, -0.15) is 0 Å². The van der Waals surface area contributed by atoms with Crippen LogP contribution in [0.2, 0.25) is 0 Å². The van der Waals surface area contributed by atoms with Gasteiger partial charge in [0.25, 0.3) is 0 Å². The highest BCUT2D eigenvalue weighted by molar-refractivity contribution is 5.14. The molecule has 3 heteroatoms. The third-order valence-corrected chi connectivity index (χ3v) is 3.92. The molecule has 3 nitrogen and oxygen atoms in total. The molecule has 0 amide bonds. The number of ether oxygens (including phenoxy) is 2. The average Bonchev–Trinajstić information content (AvgIpc) is 2.90. The normalized spacial score (nSPS) is 36.1. The SMILES string of the molecule is OC1CC[C@]2(OCc3ccccc3)CCO[C@H]12. The maximum Gasteiger partial charge on any atom is 0.112 e. The van der Waals surface area contributed by atoms with Gasteiger partial charge in [-0.05, 0) is 18.4 Å². The zero-order chi connectivity index (χ0) is 11.7. The summed E-state index contributed by atoms with van der Waals surface area (Å²) in [5, 5.41) is 9.86. The Kier molecular flexibility index (Phi) is 2.90. The standard InChI is InChI=1S/C14H18O3/c15-12-6-7-14(8-9-16-13(12)14)17-10-11-4-2-1-3-5-11/h1-5,12-13,15H,6-10H2/t12?,13-,14+/m1/s1. The number of aliphatic hydroxyl groups is 1. The fourth-order valence-electron chi connectivity index (χ4n) is 2.95. The van der Waals surface area contributed by atoms with Crippen LogP contribution in [0.25, 0.3) is 0 Å². The Balaban J connectivity index is 1.68. The summed E-state index contributed by atoms with van der Waals surface area (Å²) in [6.07, 6.45) is 2.13. The van der Waals surface area contributed by atoms with Crippen LogP contribution in [0.3, 0.4) is 0 Å². The molecular formula is C14H18O3. The lowest BCUT2D eigenvalue weighted by atomic mass is 9.98. The van der Waals surface area contributed by atoms with Crippen molar-refractivity contribution in [2.45, 2.75) is 43.7 Å². The van der Waals surface area contributed by atoms with E-state index < -0.39 is 0 Å².